The Morgan fingerprint density at radius 2 is 1.25 bits per heavy atom. The van der Waals surface area contributed by atoms with Crippen molar-refractivity contribution in [2.24, 2.45) is 0 Å². The van der Waals surface area contributed by atoms with Crippen molar-refractivity contribution < 1.29 is 27.4 Å². The number of halogens is 4. The van der Waals surface area contributed by atoms with Crippen LogP contribution in [0.15, 0.2) is 81.2 Å². The van der Waals surface area contributed by atoms with Crippen LogP contribution in [-0.2, 0) is 0 Å². The first-order chi connectivity index (χ1) is 21.2. The van der Waals surface area contributed by atoms with Crippen LogP contribution < -0.4 is 4.90 Å². The van der Waals surface area contributed by atoms with E-state index in [4.69, 9.17) is 32.2 Å². The topological polar surface area (TPSA) is 102 Å². The van der Waals surface area contributed by atoms with E-state index in [0.717, 1.165) is 33.9 Å². The zero-order valence-corrected chi connectivity index (χ0v) is 25.1. The van der Waals surface area contributed by atoms with Gasteiger partial charge >= 0.3 is 0 Å². The second-order valence-electron chi connectivity index (χ2n) is 9.45. The molecule has 0 aliphatic rings. The number of carbonyl (C=O) groups is 2. The van der Waals surface area contributed by atoms with Gasteiger partial charge in [0.1, 0.15) is 45.7 Å². The minimum Gasteiger partial charge on any atom is -0.360 e. The van der Waals surface area contributed by atoms with Gasteiger partial charge in [0.15, 0.2) is 5.13 Å². The van der Waals surface area contributed by atoms with Crippen molar-refractivity contribution in [2.45, 2.75) is 13.8 Å². The highest BCUT2D eigenvalue weighted by molar-refractivity contribution is 7.14. The smallest absolute Gasteiger partial charge is 0.273 e. The van der Waals surface area contributed by atoms with E-state index < -0.39 is 23.4 Å². The molecule has 0 saturated heterocycles. The molecule has 0 bridgehead atoms. The molecule has 13 heteroatoms. The van der Waals surface area contributed by atoms with E-state index in [1.807, 2.05) is 30.3 Å². The van der Waals surface area contributed by atoms with Crippen molar-refractivity contribution in [1.29, 1.82) is 0 Å². The van der Waals surface area contributed by atoms with Crippen molar-refractivity contribution in [1.82, 2.24) is 15.3 Å². The molecule has 6 aromatic rings. The van der Waals surface area contributed by atoms with Crippen LogP contribution in [0.5, 0.6) is 0 Å². The van der Waals surface area contributed by atoms with Gasteiger partial charge in [0, 0.05) is 10.9 Å². The van der Waals surface area contributed by atoms with E-state index in [1.54, 1.807) is 5.38 Å². The molecule has 0 unspecified atom stereocenters. The van der Waals surface area contributed by atoms with E-state index in [2.05, 4.69) is 15.3 Å². The van der Waals surface area contributed by atoms with Gasteiger partial charge in [-0.3, -0.25) is 9.59 Å². The second-order valence-corrected chi connectivity index (χ2v) is 11.1. The van der Waals surface area contributed by atoms with E-state index in [0.29, 0.717) is 5.69 Å². The lowest BCUT2D eigenvalue weighted by atomic mass is 10.0. The lowest BCUT2D eigenvalue weighted by Crippen LogP contribution is -2.38. The number of amides is 2. The van der Waals surface area contributed by atoms with E-state index in [-0.39, 0.29) is 60.3 Å². The van der Waals surface area contributed by atoms with E-state index in [1.165, 1.54) is 38.1 Å². The number of aryl methyl sites for hydroxylation is 2. The number of thiazole rings is 1. The molecule has 0 fully saturated rings. The summed E-state index contributed by atoms with van der Waals surface area (Å²) >= 11 is 13.6. The van der Waals surface area contributed by atoms with Crippen LogP contribution in [0.3, 0.4) is 0 Å². The van der Waals surface area contributed by atoms with Gasteiger partial charge in [0.05, 0.1) is 26.9 Å². The number of hydrogen-bond donors (Lipinski definition) is 0. The van der Waals surface area contributed by atoms with Crippen LogP contribution in [0.2, 0.25) is 10.0 Å². The maximum absolute atomic E-state index is 15.0. The summed E-state index contributed by atoms with van der Waals surface area (Å²) < 4.78 is 40.7. The largest absolute Gasteiger partial charge is 0.360 e. The molecule has 2 amide bonds. The summed E-state index contributed by atoms with van der Waals surface area (Å²) in [5, 5.41) is 9.39. The quantitative estimate of drug-likeness (QED) is 0.166. The molecule has 8 nitrogen and oxygen atoms in total. The fourth-order valence-corrected chi connectivity index (χ4v) is 5.97. The zero-order valence-electron chi connectivity index (χ0n) is 22.8. The number of rotatable bonds is 6. The Balaban J connectivity index is 1.55. The summed E-state index contributed by atoms with van der Waals surface area (Å²) in [6.07, 6.45) is 0. The molecule has 220 valence electrons. The molecular formula is C31H18Cl2F2N4O4S. The van der Waals surface area contributed by atoms with E-state index in [9.17, 15) is 9.59 Å². The molecule has 3 heterocycles. The number of benzene rings is 3. The number of imide groups is 1. The summed E-state index contributed by atoms with van der Waals surface area (Å²) in [6, 6.07) is 17.1. The van der Waals surface area contributed by atoms with E-state index >= 15 is 8.78 Å². The van der Waals surface area contributed by atoms with Gasteiger partial charge in [-0.15, -0.1) is 11.3 Å². The zero-order chi connectivity index (χ0) is 31.1. The number of anilines is 1. The summed E-state index contributed by atoms with van der Waals surface area (Å²) in [5.74, 6) is -3.46. The third-order valence-electron chi connectivity index (χ3n) is 6.71. The molecule has 0 aliphatic carbocycles. The standard InChI is InChI=1S/C31H18Cl2F2N4O4S/c1-15-23(27(37-42-15)25-18(32)10-6-12-20(25)34)29(40)39(31-36-22(14-44-31)17-8-4-3-5-9-17)30(41)24-16(2)43-38-28(24)26-19(33)11-7-13-21(26)35/h3-14H,1-2H3. The Hall–Kier alpha value is -4.71. The highest BCUT2D eigenvalue weighted by Crippen LogP contribution is 2.39. The second kappa shape index (κ2) is 11.8. The SMILES string of the molecule is Cc1onc(-c2c(F)cccc2Cl)c1C(=O)N(C(=O)c1c(-c2c(F)cccc2Cl)noc1C)c1nc(-c2ccccc2)cs1. The third kappa shape index (κ3) is 5.08. The van der Waals surface area contributed by atoms with Crippen molar-refractivity contribution in [3.05, 3.63) is 116 Å². The molecule has 3 aromatic carbocycles. The fraction of sp³-hybridized carbons (Fsp3) is 0.0645. The van der Waals surface area contributed by atoms with Gasteiger partial charge < -0.3 is 9.05 Å². The van der Waals surface area contributed by atoms with Crippen molar-refractivity contribution in [2.75, 3.05) is 4.90 Å². The Kier molecular flexibility index (Phi) is 7.85. The first-order valence-corrected chi connectivity index (χ1v) is 14.5. The Morgan fingerprint density at radius 3 is 1.73 bits per heavy atom. The minimum atomic E-state index is -0.955. The molecule has 0 radical (unpaired) electrons. The summed E-state index contributed by atoms with van der Waals surface area (Å²) in [7, 11) is 0. The lowest BCUT2D eigenvalue weighted by Gasteiger charge is -2.19. The average Bonchev–Trinajstić information content (AvgIpc) is 3.73. The summed E-state index contributed by atoms with van der Waals surface area (Å²) in [6.45, 7) is 2.88. The van der Waals surface area contributed by atoms with Crippen LogP contribution in [-0.4, -0.2) is 27.1 Å². The molecule has 3 aromatic heterocycles. The van der Waals surface area contributed by atoms with Gasteiger partial charge in [-0.05, 0) is 38.1 Å². The van der Waals surface area contributed by atoms with Crippen LogP contribution in [0.25, 0.3) is 33.8 Å². The first-order valence-electron chi connectivity index (χ1n) is 12.9. The average molecular weight is 651 g/mol. The third-order valence-corrected chi connectivity index (χ3v) is 8.17. The molecular weight excluding hydrogens is 633 g/mol. The van der Waals surface area contributed by atoms with Gasteiger partial charge in [-0.2, -0.15) is 0 Å². The molecule has 0 aliphatic heterocycles. The molecule has 0 N–H and O–H groups in total. The van der Waals surface area contributed by atoms with Gasteiger partial charge in [-0.1, -0.05) is 76.0 Å². The van der Waals surface area contributed by atoms with Crippen LogP contribution >= 0.6 is 34.5 Å². The number of aromatic nitrogens is 3. The normalized spacial score (nSPS) is 11.1. The highest BCUT2D eigenvalue weighted by atomic mass is 35.5. The maximum Gasteiger partial charge on any atom is 0.273 e. The van der Waals surface area contributed by atoms with Gasteiger partial charge in [0.25, 0.3) is 11.8 Å². The Morgan fingerprint density at radius 1 is 0.750 bits per heavy atom. The number of nitrogens with zero attached hydrogens (tertiary/aromatic N) is 4. The lowest BCUT2D eigenvalue weighted by molar-refractivity contribution is 0.0897. The van der Waals surface area contributed by atoms with Crippen molar-refractivity contribution in [3.8, 4) is 33.8 Å². The van der Waals surface area contributed by atoms with Crippen LogP contribution in [0.4, 0.5) is 13.9 Å². The van der Waals surface area contributed by atoms with Gasteiger partial charge in [-0.25, -0.2) is 18.7 Å². The monoisotopic (exact) mass is 650 g/mol. The minimum absolute atomic E-state index is 0.0126. The van der Waals surface area contributed by atoms with Crippen molar-refractivity contribution >= 4 is 51.5 Å². The predicted molar refractivity (Wildman–Crippen MR) is 162 cm³/mol. The summed E-state index contributed by atoms with van der Waals surface area (Å²) in [4.78, 5) is 34.3. The Labute approximate surface area is 262 Å². The highest BCUT2D eigenvalue weighted by Gasteiger charge is 2.38. The molecule has 0 atom stereocenters. The Bertz CT molecular complexity index is 1910. The number of hydrogen-bond acceptors (Lipinski definition) is 8. The molecule has 6 rings (SSSR count). The van der Waals surface area contributed by atoms with Crippen LogP contribution in [0, 0.1) is 25.5 Å². The number of carbonyl (C=O) groups excluding carboxylic acids is 2. The van der Waals surface area contributed by atoms with Gasteiger partial charge in [0.2, 0.25) is 0 Å². The first kappa shape index (κ1) is 29.4. The molecule has 0 spiro atoms. The fourth-order valence-electron chi connectivity index (χ4n) is 4.64. The van der Waals surface area contributed by atoms with Crippen molar-refractivity contribution in [3.63, 3.8) is 0 Å². The maximum atomic E-state index is 15.0. The predicted octanol–water partition coefficient (Wildman–Crippen LogP) is 8.81. The summed E-state index contributed by atoms with van der Waals surface area (Å²) in [5.41, 5.74) is -0.0651. The molecule has 0 saturated carbocycles. The van der Waals surface area contributed by atoms with Crippen LogP contribution in [0.1, 0.15) is 32.2 Å². The molecule has 44 heavy (non-hydrogen) atoms.